The van der Waals surface area contributed by atoms with E-state index in [1.165, 1.54) is 36.4 Å². The Morgan fingerprint density at radius 2 is 1.83 bits per heavy atom. The molecule has 1 aliphatic rings. The second kappa shape index (κ2) is 9.03. The van der Waals surface area contributed by atoms with E-state index in [-0.39, 0.29) is 30.2 Å². The summed E-state index contributed by atoms with van der Waals surface area (Å²) in [5, 5.41) is 0. The van der Waals surface area contributed by atoms with Gasteiger partial charge in [-0.25, -0.2) is 8.78 Å². The lowest BCUT2D eigenvalue weighted by Crippen LogP contribution is -2.34. The number of amides is 1. The lowest BCUT2D eigenvalue weighted by Gasteiger charge is -2.24. The maximum atomic E-state index is 13.5. The van der Waals surface area contributed by atoms with Crippen LogP contribution in [-0.2, 0) is 11.2 Å². The highest BCUT2D eigenvalue weighted by Gasteiger charge is 2.31. The minimum absolute atomic E-state index is 0.106. The number of ether oxygens (including phenoxy) is 1. The van der Waals surface area contributed by atoms with Crippen LogP contribution in [0.2, 0.25) is 0 Å². The van der Waals surface area contributed by atoms with Gasteiger partial charge in [-0.15, -0.1) is 0 Å². The SMILES string of the molecule is O=C(COc1ccc(F)cc1)N1CCC[C@H]1c1cccc(Cc2cccc(F)c2)n1. The molecular formula is C24H22F2N2O2. The predicted octanol–water partition coefficient (Wildman–Crippen LogP) is 4.69. The summed E-state index contributed by atoms with van der Waals surface area (Å²) >= 11 is 0. The van der Waals surface area contributed by atoms with E-state index in [9.17, 15) is 13.6 Å². The van der Waals surface area contributed by atoms with Crippen molar-refractivity contribution in [3.63, 3.8) is 0 Å². The van der Waals surface area contributed by atoms with Crippen LogP contribution in [0.5, 0.6) is 5.75 Å². The number of nitrogens with zero attached hydrogens (tertiary/aromatic N) is 2. The normalized spacial score (nSPS) is 15.9. The van der Waals surface area contributed by atoms with E-state index in [2.05, 4.69) is 0 Å². The average molecular weight is 408 g/mol. The van der Waals surface area contributed by atoms with Crippen LogP contribution in [0.25, 0.3) is 0 Å². The Hall–Kier alpha value is -3.28. The second-order valence-corrected chi connectivity index (χ2v) is 7.35. The Morgan fingerprint density at radius 1 is 1.03 bits per heavy atom. The number of hydrogen-bond acceptors (Lipinski definition) is 3. The quantitative estimate of drug-likeness (QED) is 0.594. The Morgan fingerprint density at radius 3 is 2.63 bits per heavy atom. The zero-order chi connectivity index (χ0) is 20.9. The fourth-order valence-corrected chi connectivity index (χ4v) is 3.77. The van der Waals surface area contributed by atoms with E-state index in [4.69, 9.17) is 9.72 Å². The number of carbonyl (C=O) groups is 1. The van der Waals surface area contributed by atoms with Gasteiger partial charge in [-0.1, -0.05) is 18.2 Å². The molecule has 1 atom stereocenters. The van der Waals surface area contributed by atoms with Crippen molar-refractivity contribution in [3.05, 3.63) is 95.3 Å². The Kier molecular flexibility index (Phi) is 6.02. The van der Waals surface area contributed by atoms with Gasteiger partial charge >= 0.3 is 0 Å². The van der Waals surface area contributed by atoms with Gasteiger partial charge in [-0.05, 0) is 66.9 Å². The number of hydrogen-bond donors (Lipinski definition) is 0. The van der Waals surface area contributed by atoms with E-state index < -0.39 is 0 Å². The molecule has 1 saturated heterocycles. The molecule has 0 bridgehead atoms. The van der Waals surface area contributed by atoms with Gasteiger partial charge in [0.2, 0.25) is 0 Å². The molecule has 0 unspecified atom stereocenters. The fraction of sp³-hybridized carbons (Fsp3) is 0.250. The fourth-order valence-electron chi connectivity index (χ4n) is 3.77. The van der Waals surface area contributed by atoms with E-state index in [1.807, 2.05) is 24.3 Å². The lowest BCUT2D eigenvalue weighted by molar-refractivity contribution is -0.134. The lowest BCUT2D eigenvalue weighted by atomic mass is 10.1. The summed E-state index contributed by atoms with van der Waals surface area (Å²) in [4.78, 5) is 19.3. The van der Waals surface area contributed by atoms with Gasteiger partial charge in [0.25, 0.3) is 5.91 Å². The van der Waals surface area contributed by atoms with Crippen LogP contribution in [0.15, 0.2) is 66.7 Å². The monoisotopic (exact) mass is 408 g/mol. The van der Waals surface area contributed by atoms with Crippen molar-refractivity contribution in [2.45, 2.75) is 25.3 Å². The van der Waals surface area contributed by atoms with E-state index in [0.717, 1.165) is 29.8 Å². The van der Waals surface area contributed by atoms with Gasteiger partial charge in [0, 0.05) is 18.7 Å². The molecule has 30 heavy (non-hydrogen) atoms. The van der Waals surface area contributed by atoms with E-state index >= 15 is 0 Å². The van der Waals surface area contributed by atoms with Gasteiger partial charge in [0.15, 0.2) is 6.61 Å². The van der Waals surface area contributed by atoms with Crippen LogP contribution >= 0.6 is 0 Å². The molecular weight excluding hydrogens is 386 g/mol. The largest absolute Gasteiger partial charge is 0.484 e. The third kappa shape index (κ3) is 4.82. The van der Waals surface area contributed by atoms with Gasteiger partial charge < -0.3 is 9.64 Å². The highest BCUT2D eigenvalue weighted by Crippen LogP contribution is 2.31. The number of aromatic nitrogens is 1. The molecule has 6 heteroatoms. The number of pyridine rings is 1. The molecule has 2 aromatic carbocycles. The molecule has 1 fully saturated rings. The molecule has 0 radical (unpaired) electrons. The van der Waals surface area contributed by atoms with E-state index in [1.54, 1.807) is 11.0 Å². The molecule has 1 aliphatic heterocycles. The summed E-state index contributed by atoms with van der Waals surface area (Å²) < 4.78 is 32.0. The first kappa shape index (κ1) is 20.0. The average Bonchev–Trinajstić information content (AvgIpc) is 3.23. The standard InChI is InChI=1S/C24H22F2N2O2/c25-18-9-11-21(12-10-18)30-16-24(29)28-13-3-8-23(28)22-7-2-6-20(27-22)15-17-4-1-5-19(26)14-17/h1-2,4-7,9-12,14,23H,3,8,13,15-16H2/t23-/m0/s1. The second-order valence-electron chi connectivity index (χ2n) is 7.35. The molecule has 1 amide bonds. The highest BCUT2D eigenvalue weighted by atomic mass is 19.1. The topological polar surface area (TPSA) is 42.4 Å². The summed E-state index contributed by atoms with van der Waals surface area (Å²) in [5.41, 5.74) is 2.52. The summed E-state index contributed by atoms with van der Waals surface area (Å²) in [5.74, 6) is -0.287. The van der Waals surface area contributed by atoms with Crippen LogP contribution in [0.1, 0.15) is 35.8 Å². The van der Waals surface area contributed by atoms with Crippen molar-refractivity contribution in [2.75, 3.05) is 13.2 Å². The van der Waals surface area contributed by atoms with Crippen LogP contribution < -0.4 is 4.74 Å². The van der Waals surface area contributed by atoms with Crippen LogP contribution in [-0.4, -0.2) is 28.9 Å². The molecule has 0 saturated carbocycles. The molecule has 0 spiro atoms. The van der Waals surface area contributed by atoms with Crippen molar-refractivity contribution >= 4 is 5.91 Å². The molecule has 0 aliphatic carbocycles. The smallest absolute Gasteiger partial charge is 0.261 e. The van der Waals surface area contributed by atoms with E-state index in [0.29, 0.717) is 18.7 Å². The molecule has 1 aromatic heterocycles. The number of carbonyl (C=O) groups excluding carboxylic acids is 1. The number of benzene rings is 2. The molecule has 2 heterocycles. The first-order chi connectivity index (χ1) is 14.6. The van der Waals surface area contributed by atoms with Crippen LogP contribution in [0.3, 0.4) is 0 Å². The van der Waals surface area contributed by atoms with Gasteiger partial charge in [-0.3, -0.25) is 9.78 Å². The molecule has 4 rings (SSSR count). The van der Waals surface area contributed by atoms with Crippen molar-refractivity contribution < 1.29 is 18.3 Å². The first-order valence-electron chi connectivity index (χ1n) is 9.96. The molecule has 3 aromatic rings. The van der Waals surface area contributed by atoms with Crippen LogP contribution in [0.4, 0.5) is 8.78 Å². The Bertz CT molecular complexity index is 1020. The minimum Gasteiger partial charge on any atom is -0.484 e. The minimum atomic E-state index is -0.350. The number of likely N-dealkylation sites (tertiary alicyclic amines) is 1. The van der Waals surface area contributed by atoms with Crippen LogP contribution in [0, 0.1) is 11.6 Å². The molecule has 0 N–H and O–H groups in total. The van der Waals surface area contributed by atoms with Gasteiger partial charge in [0.1, 0.15) is 17.4 Å². The summed E-state index contributed by atoms with van der Waals surface area (Å²) in [6, 6.07) is 17.7. The summed E-state index contributed by atoms with van der Waals surface area (Å²) in [6.07, 6.45) is 2.25. The number of rotatable bonds is 6. The maximum absolute atomic E-state index is 13.5. The van der Waals surface area contributed by atoms with Crippen molar-refractivity contribution in [1.82, 2.24) is 9.88 Å². The zero-order valence-electron chi connectivity index (χ0n) is 16.4. The third-order valence-corrected chi connectivity index (χ3v) is 5.19. The van der Waals surface area contributed by atoms with Crippen molar-refractivity contribution in [2.24, 2.45) is 0 Å². The Labute approximate surface area is 174 Å². The first-order valence-corrected chi connectivity index (χ1v) is 9.96. The number of halogens is 2. The van der Waals surface area contributed by atoms with Gasteiger partial charge in [0.05, 0.1) is 11.7 Å². The maximum Gasteiger partial charge on any atom is 0.261 e. The van der Waals surface area contributed by atoms with Crippen molar-refractivity contribution in [1.29, 1.82) is 0 Å². The zero-order valence-corrected chi connectivity index (χ0v) is 16.4. The predicted molar refractivity (Wildman–Crippen MR) is 109 cm³/mol. The Balaban J connectivity index is 1.43. The third-order valence-electron chi connectivity index (χ3n) is 5.19. The molecule has 4 nitrogen and oxygen atoms in total. The van der Waals surface area contributed by atoms with Crippen molar-refractivity contribution in [3.8, 4) is 5.75 Å². The summed E-state index contributed by atoms with van der Waals surface area (Å²) in [7, 11) is 0. The van der Waals surface area contributed by atoms with Gasteiger partial charge in [-0.2, -0.15) is 0 Å². The molecule has 154 valence electrons. The highest BCUT2D eigenvalue weighted by molar-refractivity contribution is 5.78. The summed E-state index contributed by atoms with van der Waals surface area (Å²) in [6.45, 7) is 0.539.